The number of aromatic nitrogens is 2. The summed E-state index contributed by atoms with van der Waals surface area (Å²) in [7, 11) is -9.08. The lowest BCUT2D eigenvalue weighted by atomic mass is 9.89. The van der Waals surface area contributed by atoms with Crippen molar-refractivity contribution in [2.24, 2.45) is 16.6 Å². The van der Waals surface area contributed by atoms with Gasteiger partial charge in [-0.15, -0.1) is 0 Å². The van der Waals surface area contributed by atoms with Gasteiger partial charge < -0.3 is 60.2 Å². The number of carbonyl (C=O) groups excluding carboxylic acids is 4. The molecule has 2 heterocycles. The van der Waals surface area contributed by atoms with Crippen LogP contribution in [0.4, 0.5) is 11.6 Å². The Labute approximate surface area is 440 Å². The van der Waals surface area contributed by atoms with Crippen molar-refractivity contribution in [1.82, 2.24) is 30.6 Å². The van der Waals surface area contributed by atoms with Crippen LogP contribution >= 0.6 is 0 Å². The molecule has 0 radical (unpaired) electrons. The van der Waals surface area contributed by atoms with E-state index in [2.05, 4.69) is 45.1 Å². The molecule has 27 heteroatoms. The average molecular weight is 1100 g/mol. The minimum atomic E-state index is -4.63. The first kappa shape index (κ1) is 60.0. The summed E-state index contributed by atoms with van der Waals surface area (Å²) in [5.41, 5.74) is 8.39. The highest BCUT2D eigenvalue weighted by Crippen LogP contribution is 2.31. The topological polar surface area (TPSA) is 367 Å². The van der Waals surface area contributed by atoms with Gasteiger partial charge in [-0.05, 0) is 105 Å². The molecule has 1 aliphatic rings. The van der Waals surface area contributed by atoms with Crippen LogP contribution in [0.5, 0.6) is 11.5 Å². The Balaban J connectivity index is 0.897. The molecule has 1 aliphatic heterocycles. The summed E-state index contributed by atoms with van der Waals surface area (Å²) in [6, 6.07) is 11.2. The number of hydrogen-bond donors (Lipinski definition) is 9. The van der Waals surface area contributed by atoms with E-state index in [0.29, 0.717) is 101 Å². The predicted octanol–water partition coefficient (Wildman–Crippen LogP) is 2.06. The fraction of sp³-hybridized carbons (Fsp3) is 0.449. The summed E-state index contributed by atoms with van der Waals surface area (Å²) >= 11 is 0. The van der Waals surface area contributed by atoms with Gasteiger partial charge in [0.25, 0.3) is 5.91 Å². The molecule has 3 amide bonds. The molecular weight excluding hydrogens is 1030 g/mol. The number of hydrogen-bond acceptors (Lipinski definition) is 18. The van der Waals surface area contributed by atoms with Crippen LogP contribution in [0.25, 0.3) is 0 Å². The molecule has 10 N–H and O–H groups in total. The van der Waals surface area contributed by atoms with Gasteiger partial charge in [0.1, 0.15) is 23.3 Å². The number of imidazole rings is 1. The number of H-pyrrole nitrogens is 1. The van der Waals surface area contributed by atoms with Crippen molar-refractivity contribution in [3.63, 3.8) is 0 Å². The quantitative estimate of drug-likeness (QED) is 0.0239. The van der Waals surface area contributed by atoms with E-state index in [1.54, 1.807) is 30.6 Å². The van der Waals surface area contributed by atoms with Crippen molar-refractivity contribution < 1.29 is 73.6 Å². The average Bonchev–Trinajstić information content (AvgIpc) is 3.89. The number of ether oxygens (including phenoxy) is 4. The standard InChI is InChI=1S/C49H65N9O16S2/c1-31-25-37(73-20-4-7-42(59)51-14-5-18-70-21-23-72-24-22-71-19-6-15-52-46(61)39(50)27-34-8-11-36(12-9-34)74-76(67,68)69)26-32(2)45(31)75(65,66)58-41(48(63)64)30-55-47(62)43-33(3)44(60)38-13-10-35(28-40(38)57-43)29-56-49-53-16-17-54-49/h8-13,16-17,25-26,28,33,39,41,58H,4-7,14-15,18-24,27,29-30,50H2,1-3H3,(H,51,59)(H,52,61)(H,55,62)(H,63,64)(H2,53,54,56)(H,67,68,69). The number of amides is 3. The molecule has 5 rings (SSSR count). The summed E-state index contributed by atoms with van der Waals surface area (Å²) in [5, 5.41) is 21.1. The Morgan fingerprint density at radius 3 is 2.05 bits per heavy atom. The lowest BCUT2D eigenvalue weighted by Gasteiger charge is -2.22. The van der Waals surface area contributed by atoms with Crippen molar-refractivity contribution in [1.29, 1.82) is 0 Å². The monoisotopic (exact) mass is 1100 g/mol. The highest BCUT2D eigenvalue weighted by Gasteiger charge is 2.34. The highest BCUT2D eigenvalue weighted by molar-refractivity contribution is 7.89. The van der Waals surface area contributed by atoms with Gasteiger partial charge in [0, 0.05) is 63.8 Å². The largest absolute Gasteiger partial charge is 0.494 e. The first-order valence-corrected chi connectivity index (χ1v) is 27.1. The SMILES string of the molecule is Cc1cc(OCCCC(=O)NCCCOCCOCCOCCCNC(=O)C(N)Cc2ccc(OS(=O)(=O)O)cc2)cc(C)c1S(=O)(=O)NC(CNC(=O)C1=Nc2cc(CNc3ncc[nH]3)ccc2C(=O)C1C)C(=O)O. The van der Waals surface area contributed by atoms with E-state index in [-0.39, 0.29) is 70.2 Å². The van der Waals surface area contributed by atoms with Crippen LogP contribution in [-0.2, 0) is 66.8 Å². The lowest BCUT2D eigenvalue weighted by molar-refractivity contribution is -0.139. The number of anilines is 1. The summed E-state index contributed by atoms with van der Waals surface area (Å²) in [5.74, 6) is -3.37. The van der Waals surface area contributed by atoms with Gasteiger partial charge in [0.15, 0.2) is 11.7 Å². The second-order valence-electron chi connectivity index (χ2n) is 17.4. The number of carbonyl (C=O) groups is 5. The third-order valence-corrected chi connectivity index (χ3v) is 13.5. The van der Waals surface area contributed by atoms with Gasteiger partial charge in [0.2, 0.25) is 21.8 Å². The molecule has 3 atom stereocenters. The third kappa shape index (κ3) is 19.7. The maximum absolute atomic E-state index is 13.6. The van der Waals surface area contributed by atoms with E-state index in [9.17, 15) is 45.9 Å². The fourth-order valence-electron chi connectivity index (χ4n) is 7.62. The summed E-state index contributed by atoms with van der Waals surface area (Å²) in [6.07, 6.45) is 5.16. The molecule has 25 nitrogen and oxygen atoms in total. The number of aryl methyl sites for hydroxylation is 2. The van der Waals surface area contributed by atoms with Crippen LogP contribution in [0.2, 0.25) is 0 Å². The van der Waals surface area contributed by atoms with E-state index in [1.807, 2.05) is 0 Å². The number of ketones is 1. The maximum atomic E-state index is 13.6. The molecule has 0 aliphatic carbocycles. The van der Waals surface area contributed by atoms with Gasteiger partial charge in [-0.3, -0.25) is 28.5 Å². The number of sulfonamides is 1. The minimum absolute atomic E-state index is 0.0734. The number of nitrogens with one attached hydrogen (secondary N) is 6. The zero-order valence-electron chi connectivity index (χ0n) is 42.3. The smallest absolute Gasteiger partial charge is 0.446 e. The molecule has 4 aromatic rings. The molecule has 0 spiro atoms. The van der Waals surface area contributed by atoms with Crippen LogP contribution in [0.1, 0.15) is 65.2 Å². The van der Waals surface area contributed by atoms with E-state index in [0.717, 1.165) is 5.56 Å². The Hall–Kier alpha value is -6.85. The van der Waals surface area contributed by atoms with Crippen molar-refractivity contribution in [3.8, 4) is 11.5 Å². The van der Waals surface area contributed by atoms with Gasteiger partial charge in [-0.25, -0.2) is 18.4 Å². The number of fused-ring (bicyclic) bond motifs is 1. The summed E-state index contributed by atoms with van der Waals surface area (Å²) in [4.78, 5) is 74.8. The number of carboxylic acid groups (broad SMARTS) is 1. The van der Waals surface area contributed by atoms with E-state index in [4.69, 9.17) is 29.2 Å². The lowest BCUT2D eigenvalue weighted by Crippen LogP contribution is -2.50. The van der Waals surface area contributed by atoms with Gasteiger partial charge in [0.05, 0.1) is 55.6 Å². The number of rotatable bonds is 34. The van der Waals surface area contributed by atoms with Gasteiger partial charge >= 0.3 is 16.4 Å². The van der Waals surface area contributed by atoms with Crippen molar-refractivity contribution in [2.75, 3.05) is 71.2 Å². The van der Waals surface area contributed by atoms with Crippen LogP contribution in [0, 0.1) is 19.8 Å². The zero-order chi connectivity index (χ0) is 55.3. The Morgan fingerprint density at radius 2 is 1.43 bits per heavy atom. The van der Waals surface area contributed by atoms with E-state index in [1.165, 1.54) is 57.2 Å². The highest BCUT2D eigenvalue weighted by atomic mass is 32.3. The van der Waals surface area contributed by atoms with Crippen molar-refractivity contribution in [3.05, 3.63) is 94.8 Å². The summed E-state index contributed by atoms with van der Waals surface area (Å²) < 4.78 is 86.5. The number of carboxylic acids is 1. The molecule has 76 heavy (non-hydrogen) atoms. The van der Waals surface area contributed by atoms with Crippen LogP contribution in [0.15, 0.2) is 76.9 Å². The first-order chi connectivity index (χ1) is 36.2. The van der Waals surface area contributed by atoms with Crippen molar-refractivity contribution >= 4 is 67.2 Å². The molecule has 0 saturated heterocycles. The Kier molecular flexibility index (Phi) is 23.3. The van der Waals surface area contributed by atoms with Crippen LogP contribution in [0.3, 0.4) is 0 Å². The molecule has 0 bridgehead atoms. The second kappa shape index (κ2) is 29.4. The molecule has 3 unspecified atom stereocenters. The Morgan fingerprint density at radius 1 is 0.803 bits per heavy atom. The normalized spacial score (nSPS) is 14.2. The molecule has 1 aromatic heterocycles. The minimum Gasteiger partial charge on any atom is -0.494 e. The number of nitrogens with two attached hydrogens (primary N) is 1. The number of aliphatic carboxylic acids is 1. The van der Waals surface area contributed by atoms with Crippen LogP contribution < -0.4 is 40.6 Å². The van der Waals surface area contributed by atoms with Gasteiger partial charge in [-0.2, -0.15) is 13.1 Å². The van der Waals surface area contributed by atoms with Crippen molar-refractivity contribution in [2.45, 2.75) is 76.4 Å². The number of aromatic amines is 1. The third-order valence-electron chi connectivity index (χ3n) is 11.4. The molecular formula is C49H65N9O16S2. The zero-order valence-corrected chi connectivity index (χ0v) is 43.9. The summed E-state index contributed by atoms with van der Waals surface area (Å²) in [6.45, 7) is 7.43. The number of aliphatic imine (C=N–C) groups is 1. The second-order valence-corrected chi connectivity index (χ2v) is 20.1. The predicted molar refractivity (Wildman–Crippen MR) is 276 cm³/mol. The Bertz CT molecular complexity index is 2840. The number of Topliss-reactive ketones (excluding diaryl/α,β-unsaturated/α-hetero) is 1. The molecule has 0 fully saturated rings. The first-order valence-electron chi connectivity index (χ1n) is 24.3. The fourth-order valence-corrected chi connectivity index (χ4v) is 9.61. The number of benzene rings is 3. The number of nitrogens with zero attached hydrogens (tertiary/aromatic N) is 2. The molecule has 414 valence electrons. The van der Waals surface area contributed by atoms with E-state index >= 15 is 0 Å². The molecule has 0 saturated carbocycles. The molecule has 3 aromatic carbocycles. The maximum Gasteiger partial charge on any atom is 0.446 e. The van der Waals surface area contributed by atoms with Crippen LogP contribution in [-0.4, -0.2) is 150 Å². The van der Waals surface area contributed by atoms with Gasteiger partial charge in [-0.1, -0.05) is 18.2 Å². The van der Waals surface area contributed by atoms with E-state index < -0.39 is 56.8 Å².